The van der Waals surface area contributed by atoms with Crippen LogP contribution in [0.5, 0.6) is 0 Å². The first kappa shape index (κ1) is 8.76. The van der Waals surface area contributed by atoms with Crippen molar-refractivity contribution in [2.45, 2.75) is 32.3 Å². The molecule has 1 aromatic rings. The molecule has 0 bridgehead atoms. The topological polar surface area (TPSA) is 20.2 Å². The number of hydrogen-bond donors (Lipinski definition) is 1. The summed E-state index contributed by atoms with van der Waals surface area (Å²) in [6, 6.07) is 10.2. The molecule has 1 unspecified atom stereocenters. The molecule has 0 heterocycles. The molecule has 0 aromatic heterocycles. The van der Waals surface area contributed by atoms with E-state index in [0.717, 1.165) is 6.42 Å². The first-order chi connectivity index (χ1) is 6.21. The SMILES string of the molecule is CC1(C(O)Cc2ccccc2)CC1. The lowest BCUT2D eigenvalue weighted by molar-refractivity contribution is 0.103. The smallest absolute Gasteiger partial charge is 0.0634 e. The Morgan fingerprint density at radius 3 is 2.46 bits per heavy atom. The fourth-order valence-corrected chi connectivity index (χ4v) is 1.61. The third-order valence-electron chi connectivity index (χ3n) is 3.12. The zero-order valence-corrected chi connectivity index (χ0v) is 8.03. The van der Waals surface area contributed by atoms with Gasteiger partial charge in [-0.3, -0.25) is 0 Å². The zero-order chi connectivity index (χ0) is 9.31. The van der Waals surface area contributed by atoms with Crippen LogP contribution < -0.4 is 0 Å². The average molecular weight is 176 g/mol. The minimum Gasteiger partial charge on any atom is -0.392 e. The Labute approximate surface area is 79.4 Å². The summed E-state index contributed by atoms with van der Waals surface area (Å²) in [5.41, 5.74) is 1.46. The molecule has 1 heteroatoms. The largest absolute Gasteiger partial charge is 0.392 e. The summed E-state index contributed by atoms with van der Waals surface area (Å²) >= 11 is 0. The van der Waals surface area contributed by atoms with Crippen LogP contribution in [0.4, 0.5) is 0 Å². The number of aliphatic hydroxyl groups is 1. The number of aliphatic hydroxyl groups excluding tert-OH is 1. The number of benzene rings is 1. The van der Waals surface area contributed by atoms with Crippen molar-refractivity contribution < 1.29 is 5.11 Å². The van der Waals surface area contributed by atoms with Gasteiger partial charge in [0, 0.05) is 0 Å². The van der Waals surface area contributed by atoms with Gasteiger partial charge in [0.15, 0.2) is 0 Å². The van der Waals surface area contributed by atoms with E-state index in [9.17, 15) is 5.11 Å². The lowest BCUT2D eigenvalue weighted by Crippen LogP contribution is -2.21. The highest BCUT2D eigenvalue weighted by Gasteiger charge is 2.43. The molecule has 1 nitrogen and oxygen atoms in total. The monoisotopic (exact) mass is 176 g/mol. The lowest BCUT2D eigenvalue weighted by atomic mass is 9.95. The maximum Gasteiger partial charge on any atom is 0.0634 e. The highest BCUT2D eigenvalue weighted by Crippen LogP contribution is 2.48. The van der Waals surface area contributed by atoms with Crippen molar-refractivity contribution in [3.05, 3.63) is 35.9 Å². The molecular formula is C12H16O. The molecule has 1 aliphatic rings. The fourth-order valence-electron chi connectivity index (χ4n) is 1.61. The van der Waals surface area contributed by atoms with Gasteiger partial charge in [-0.05, 0) is 30.2 Å². The Hall–Kier alpha value is -0.820. The predicted octanol–water partition coefficient (Wildman–Crippen LogP) is 2.39. The van der Waals surface area contributed by atoms with Gasteiger partial charge in [-0.2, -0.15) is 0 Å². The second-order valence-corrected chi connectivity index (χ2v) is 4.36. The van der Waals surface area contributed by atoms with Crippen LogP contribution in [0.25, 0.3) is 0 Å². The maximum atomic E-state index is 9.90. The van der Waals surface area contributed by atoms with Gasteiger partial charge >= 0.3 is 0 Å². The summed E-state index contributed by atoms with van der Waals surface area (Å²) in [6.45, 7) is 2.17. The third-order valence-corrected chi connectivity index (χ3v) is 3.12. The molecule has 1 saturated carbocycles. The molecule has 1 fully saturated rings. The summed E-state index contributed by atoms with van der Waals surface area (Å²) in [5, 5.41) is 9.90. The first-order valence-electron chi connectivity index (χ1n) is 4.93. The van der Waals surface area contributed by atoms with Gasteiger partial charge in [0.05, 0.1) is 6.10 Å². The highest BCUT2D eigenvalue weighted by atomic mass is 16.3. The second kappa shape index (κ2) is 3.15. The van der Waals surface area contributed by atoms with Gasteiger partial charge in [0.25, 0.3) is 0 Å². The Bertz CT molecular complexity index is 274. The molecule has 0 amide bonds. The summed E-state index contributed by atoms with van der Waals surface area (Å²) < 4.78 is 0. The van der Waals surface area contributed by atoms with Crippen LogP contribution in [-0.4, -0.2) is 11.2 Å². The molecule has 2 rings (SSSR count). The van der Waals surface area contributed by atoms with E-state index in [0.29, 0.717) is 0 Å². The Kier molecular flexibility index (Phi) is 2.12. The first-order valence-corrected chi connectivity index (χ1v) is 4.93. The Balaban J connectivity index is 1.98. The van der Waals surface area contributed by atoms with E-state index in [1.165, 1.54) is 18.4 Å². The van der Waals surface area contributed by atoms with Crippen molar-refractivity contribution in [2.24, 2.45) is 5.41 Å². The molecule has 70 valence electrons. The van der Waals surface area contributed by atoms with Gasteiger partial charge in [0.1, 0.15) is 0 Å². The van der Waals surface area contributed by atoms with E-state index < -0.39 is 0 Å². The highest BCUT2D eigenvalue weighted by molar-refractivity contribution is 5.16. The van der Waals surface area contributed by atoms with Crippen LogP contribution in [0, 0.1) is 5.41 Å². The van der Waals surface area contributed by atoms with Gasteiger partial charge in [-0.25, -0.2) is 0 Å². The quantitative estimate of drug-likeness (QED) is 0.749. The van der Waals surface area contributed by atoms with Crippen LogP contribution in [0.2, 0.25) is 0 Å². The molecule has 1 aliphatic carbocycles. The zero-order valence-electron chi connectivity index (χ0n) is 8.03. The normalized spacial score (nSPS) is 21.1. The number of rotatable bonds is 3. The molecule has 0 radical (unpaired) electrons. The van der Waals surface area contributed by atoms with Crippen LogP contribution in [0.1, 0.15) is 25.3 Å². The summed E-state index contributed by atoms with van der Waals surface area (Å²) in [5.74, 6) is 0. The third kappa shape index (κ3) is 1.92. The van der Waals surface area contributed by atoms with Crippen molar-refractivity contribution in [2.75, 3.05) is 0 Å². The Morgan fingerprint density at radius 2 is 1.92 bits per heavy atom. The predicted molar refractivity (Wildman–Crippen MR) is 53.5 cm³/mol. The molecular weight excluding hydrogens is 160 g/mol. The van der Waals surface area contributed by atoms with Crippen LogP contribution in [0.3, 0.4) is 0 Å². The second-order valence-electron chi connectivity index (χ2n) is 4.36. The fraction of sp³-hybridized carbons (Fsp3) is 0.500. The van der Waals surface area contributed by atoms with E-state index in [-0.39, 0.29) is 11.5 Å². The van der Waals surface area contributed by atoms with E-state index in [1.54, 1.807) is 0 Å². The van der Waals surface area contributed by atoms with Crippen molar-refractivity contribution >= 4 is 0 Å². The molecule has 0 saturated heterocycles. The summed E-state index contributed by atoms with van der Waals surface area (Å²) in [6.07, 6.45) is 3.01. The van der Waals surface area contributed by atoms with Crippen molar-refractivity contribution in [1.82, 2.24) is 0 Å². The van der Waals surface area contributed by atoms with Gasteiger partial charge < -0.3 is 5.11 Å². The van der Waals surface area contributed by atoms with E-state index in [4.69, 9.17) is 0 Å². The molecule has 0 aliphatic heterocycles. The molecule has 0 spiro atoms. The van der Waals surface area contributed by atoms with Gasteiger partial charge in [-0.1, -0.05) is 37.3 Å². The lowest BCUT2D eigenvalue weighted by Gasteiger charge is -2.17. The molecule has 1 atom stereocenters. The molecule has 13 heavy (non-hydrogen) atoms. The average Bonchev–Trinajstić information content (AvgIpc) is 2.87. The summed E-state index contributed by atoms with van der Waals surface area (Å²) in [4.78, 5) is 0. The Morgan fingerprint density at radius 1 is 1.31 bits per heavy atom. The summed E-state index contributed by atoms with van der Waals surface area (Å²) in [7, 11) is 0. The minimum absolute atomic E-state index is 0.158. The van der Waals surface area contributed by atoms with E-state index in [1.807, 2.05) is 18.2 Å². The van der Waals surface area contributed by atoms with Crippen molar-refractivity contribution in [1.29, 1.82) is 0 Å². The van der Waals surface area contributed by atoms with E-state index in [2.05, 4.69) is 19.1 Å². The molecule has 1 N–H and O–H groups in total. The molecule has 1 aromatic carbocycles. The van der Waals surface area contributed by atoms with Gasteiger partial charge in [0.2, 0.25) is 0 Å². The number of hydrogen-bond acceptors (Lipinski definition) is 1. The maximum absolute atomic E-state index is 9.90. The van der Waals surface area contributed by atoms with E-state index >= 15 is 0 Å². The standard InChI is InChI=1S/C12H16O/c1-12(7-8-12)11(13)9-10-5-3-2-4-6-10/h2-6,11,13H,7-9H2,1H3. The van der Waals surface area contributed by atoms with Crippen LogP contribution in [-0.2, 0) is 6.42 Å². The minimum atomic E-state index is -0.158. The van der Waals surface area contributed by atoms with Crippen molar-refractivity contribution in [3.8, 4) is 0 Å². The van der Waals surface area contributed by atoms with Crippen LogP contribution in [0.15, 0.2) is 30.3 Å². The van der Waals surface area contributed by atoms with Crippen molar-refractivity contribution in [3.63, 3.8) is 0 Å². The van der Waals surface area contributed by atoms with Gasteiger partial charge in [-0.15, -0.1) is 0 Å². The van der Waals surface area contributed by atoms with Crippen LogP contribution >= 0.6 is 0 Å².